The van der Waals surface area contributed by atoms with Crippen LogP contribution in [0.1, 0.15) is 51.8 Å². The highest BCUT2D eigenvalue weighted by atomic mass is 35.5. The van der Waals surface area contributed by atoms with E-state index in [1.54, 1.807) is 20.8 Å². The van der Waals surface area contributed by atoms with Gasteiger partial charge in [0.05, 0.1) is 16.7 Å². The molecule has 0 unspecified atom stereocenters. The van der Waals surface area contributed by atoms with Crippen LogP contribution in [0.2, 0.25) is 5.02 Å². The van der Waals surface area contributed by atoms with E-state index in [9.17, 15) is 14.4 Å². The highest BCUT2D eigenvalue weighted by molar-refractivity contribution is 6.30. The number of carbonyl (C=O) groups is 3. The third-order valence-electron chi connectivity index (χ3n) is 3.01. The van der Waals surface area contributed by atoms with Crippen molar-refractivity contribution in [3.8, 4) is 0 Å². The second kappa shape index (κ2) is 8.66. The Morgan fingerprint density at radius 3 is 1.74 bits per heavy atom. The molecule has 0 aliphatic rings. The molecule has 0 atom stereocenters. The average molecular weight is 393 g/mol. The molecule has 0 saturated carbocycles. The molecule has 0 fully saturated rings. The molecule has 0 amide bonds. The maximum absolute atomic E-state index is 12.2. The Morgan fingerprint density at radius 2 is 1.22 bits per heavy atom. The third-order valence-corrected chi connectivity index (χ3v) is 3.26. The highest BCUT2D eigenvalue weighted by Gasteiger charge is 2.24. The third kappa shape index (κ3) is 6.09. The minimum atomic E-state index is -1.04. The first kappa shape index (κ1) is 20.4. The molecule has 2 rings (SSSR count). The summed E-state index contributed by atoms with van der Waals surface area (Å²) in [5.74, 6) is -2.82. The van der Waals surface area contributed by atoms with E-state index in [1.165, 1.54) is 48.5 Å². The fraction of sp³-hybridized carbons (Fsp3) is 0.211. The lowest BCUT2D eigenvalue weighted by Gasteiger charge is -2.17. The van der Waals surface area contributed by atoms with Crippen LogP contribution >= 0.6 is 11.6 Å². The van der Waals surface area contributed by atoms with Crippen LogP contribution in [-0.4, -0.2) is 23.5 Å². The molecule has 2 aromatic rings. The summed E-state index contributed by atoms with van der Waals surface area (Å²) >= 11 is 5.73. The van der Waals surface area contributed by atoms with Crippen molar-refractivity contribution in [2.45, 2.75) is 26.4 Å². The molecule has 0 N–H and O–H groups in total. The highest BCUT2D eigenvalue weighted by Crippen LogP contribution is 2.16. The molecule has 0 aliphatic heterocycles. The van der Waals surface area contributed by atoms with Crippen molar-refractivity contribution in [3.05, 3.63) is 70.2 Å². The Hall–Kier alpha value is -2.90. The number of hydrogen-bond donors (Lipinski definition) is 0. The largest absolute Gasteiger partial charge is 0.387 e. The van der Waals surface area contributed by atoms with E-state index in [0.717, 1.165) is 0 Å². The number of benzene rings is 2. The molecule has 142 valence electrons. The summed E-state index contributed by atoms with van der Waals surface area (Å²) < 4.78 is 0. The van der Waals surface area contributed by atoms with Crippen LogP contribution in [0.4, 0.5) is 0 Å². The first-order valence-corrected chi connectivity index (χ1v) is 8.23. The zero-order chi connectivity index (χ0) is 20.0. The molecule has 0 aromatic heterocycles. The van der Waals surface area contributed by atoms with Gasteiger partial charge in [0.15, 0.2) is 0 Å². The number of hydrogen-bond acceptors (Lipinski definition) is 7. The molecule has 0 bridgehead atoms. The van der Waals surface area contributed by atoms with E-state index in [0.29, 0.717) is 5.02 Å². The smallest absolute Gasteiger partial charge is 0.292 e. The maximum atomic E-state index is 12.2. The van der Waals surface area contributed by atoms with Crippen LogP contribution in [-0.2, 0) is 19.6 Å². The minimum Gasteiger partial charge on any atom is -0.292 e. The standard InChI is InChI=1S/C19H17ClO7/c1-19(2,3)27-26-18(23)15-7-5-4-6-14(15)17(22)25-24-16(21)12-8-10-13(20)11-9-12/h4-11H,1-3H3. The van der Waals surface area contributed by atoms with Gasteiger partial charge in [-0.25, -0.2) is 24.2 Å². The zero-order valence-corrected chi connectivity index (χ0v) is 15.6. The maximum Gasteiger partial charge on any atom is 0.387 e. The predicted molar refractivity (Wildman–Crippen MR) is 95.0 cm³/mol. The van der Waals surface area contributed by atoms with Crippen molar-refractivity contribution in [2.24, 2.45) is 0 Å². The van der Waals surface area contributed by atoms with Crippen LogP contribution in [0.15, 0.2) is 48.5 Å². The van der Waals surface area contributed by atoms with Gasteiger partial charge in [0.2, 0.25) is 0 Å². The van der Waals surface area contributed by atoms with E-state index in [-0.39, 0.29) is 16.7 Å². The van der Waals surface area contributed by atoms with Gasteiger partial charge in [-0.3, -0.25) is 4.89 Å². The molecule has 0 heterocycles. The van der Waals surface area contributed by atoms with Crippen molar-refractivity contribution in [1.82, 2.24) is 0 Å². The van der Waals surface area contributed by atoms with E-state index in [2.05, 4.69) is 9.78 Å². The summed E-state index contributed by atoms with van der Waals surface area (Å²) in [5, 5.41) is 0.438. The lowest BCUT2D eigenvalue weighted by Crippen LogP contribution is -2.23. The van der Waals surface area contributed by atoms with Crippen molar-refractivity contribution in [3.63, 3.8) is 0 Å². The number of rotatable bonds is 4. The second-order valence-corrected chi connectivity index (χ2v) is 6.80. The van der Waals surface area contributed by atoms with Gasteiger partial charge >= 0.3 is 17.9 Å². The van der Waals surface area contributed by atoms with E-state index < -0.39 is 23.5 Å². The minimum absolute atomic E-state index is 0.103. The Balaban J connectivity index is 2.05. The van der Waals surface area contributed by atoms with Gasteiger partial charge in [0, 0.05) is 5.02 Å². The summed E-state index contributed by atoms with van der Waals surface area (Å²) in [5.41, 5.74) is -0.837. The Kier molecular flexibility index (Phi) is 6.55. The molecule has 7 nitrogen and oxygen atoms in total. The van der Waals surface area contributed by atoms with Gasteiger partial charge in [0.25, 0.3) is 0 Å². The summed E-state index contributed by atoms with van der Waals surface area (Å²) in [7, 11) is 0. The fourth-order valence-electron chi connectivity index (χ4n) is 1.80. The number of halogens is 1. The normalized spacial score (nSPS) is 10.8. The molecule has 0 spiro atoms. The summed E-state index contributed by atoms with van der Waals surface area (Å²) in [6.07, 6.45) is 0. The molecule has 27 heavy (non-hydrogen) atoms. The van der Waals surface area contributed by atoms with E-state index in [4.69, 9.17) is 21.4 Å². The van der Waals surface area contributed by atoms with Crippen LogP contribution in [0.5, 0.6) is 0 Å². The van der Waals surface area contributed by atoms with Crippen molar-refractivity contribution in [2.75, 3.05) is 0 Å². The van der Waals surface area contributed by atoms with Crippen LogP contribution in [0, 0.1) is 0 Å². The topological polar surface area (TPSA) is 88.1 Å². The lowest BCUT2D eigenvalue weighted by molar-refractivity contribution is -0.301. The van der Waals surface area contributed by atoms with Crippen LogP contribution in [0.3, 0.4) is 0 Å². The predicted octanol–water partition coefficient (Wildman–Crippen LogP) is 4.16. The molecule has 0 saturated heterocycles. The van der Waals surface area contributed by atoms with Gasteiger partial charge in [-0.1, -0.05) is 23.7 Å². The van der Waals surface area contributed by atoms with E-state index >= 15 is 0 Å². The SMILES string of the molecule is CC(C)(C)OOC(=O)c1ccccc1C(=O)OOC(=O)c1ccc(Cl)cc1. The molecular weight excluding hydrogens is 376 g/mol. The molecule has 0 aliphatic carbocycles. The fourth-order valence-corrected chi connectivity index (χ4v) is 1.93. The molecular formula is C19H17ClO7. The first-order chi connectivity index (χ1) is 12.7. The Labute approximate surface area is 160 Å². The van der Waals surface area contributed by atoms with Gasteiger partial charge in [0.1, 0.15) is 5.60 Å². The van der Waals surface area contributed by atoms with Gasteiger partial charge in [-0.05, 0) is 57.2 Å². The van der Waals surface area contributed by atoms with Gasteiger partial charge < -0.3 is 0 Å². The summed E-state index contributed by atoms with van der Waals surface area (Å²) in [4.78, 5) is 54.9. The summed E-state index contributed by atoms with van der Waals surface area (Å²) in [6.45, 7) is 5.07. The van der Waals surface area contributed by atoms with Gasteiger partial charge in [-0.2, -0.15) is 4.89 Å². The van der Waals surface area contributed by atoms with Crippen LogP contribution in [0.25, 0.3) is 0 Å². The second-order valence-electron chi connectivity index (χ2n) is 6.36. The molecule has 2 aromatic carbocycles. The van der Waals surface area contributed by atoms with Gasteiger partial charge in [-0.15, -0.1) is 0 Å². The quantitative estimate of drug-likeness (QED) is 0.570. The first-order valence-electron chi connectivity index (χ1n) is 7.85. The average Bonchev–Trinajstić information content (AvgIpc) is 2.64. The van der Waals surface area contributed by atoms with Crippen molar-refractivity contribution < 1.29 is 33.9 Å². The number of carbonyl (C=O) groups excluding carboxylic acids is 3. The monoisotopic (exact) mass is 392 g/mol. The Bertz CT molecular complexity index is 838. The van der Waals surface area contributed by atoms with Crippen molar-refractivity contribution in [1.29, 1.82) is 0 Å². The van der Waals surface area contributed by atoms with E-state index in [1.807, 2.05) is 0 Å². The Morgan fingerprint density at radius 1 is 0.741 bits per heavy atom. The summed E-state index contributed by atoms with van der Waals surface area (Å²) in [6, 6.07) is 11.5. The van der Waals surface area contributed by atoms with Crippen molar-refractivity contribution >= 4 is 29.5 Å². The van der Waals surface area contributed by atoms with Crippen LogP contribution < -0.4 is 0 Å². The zero-order valence-electron chi connectivity index (χ0n) is 14.9. The molecule has 8 heteroatoms. The molecule has 0 radical (unpaired) electrons. The lowest BCUT2D eigenvalue weighted by atomic mass is 10.1.